The number of hydrogen-bond donors (Lipinski definition) is 3. The minimum Gasteiger partial charge on any atom is -0.387 e. The summed E-state index contributed by atoms with van der Waals surface area (Å²) in [5, 5.41) is 17.3. The topological polar surface area (TPSA) is 59.9 Å². The van der Waals surface area contributed by atoms with Crippen molar-refractivity contribution in [2.45, 2.75) is 31.4 Å². The second kappa shape index (κ2) is 8.64. The molecule has 2 aliphatic rings. The lowest BCUT2D eigenvalue weighted by Crippen LogP contribution is -2.45. The Morgan fingerprint density at radius 2 is 2.32 bits per heavy atom. The molecular formula is C18H27BrN4OS. The molecule has 0 spiro atoms. The minimum atomic E-state index is -0.635. The number of aliphatic hydroxyl groups is 1. The number of aliphatic imine (C=N–C) groups is 1. The maximum atomic E-state index is 10.5. The number of nitrogens with zero attached hydrogens (tertiary/aromatic N) is 2. The van der Waals surface area contributed by atoms with Crippen LogP contribution in [0.1, 0.15) is 19.8 Å². The quantitative estimate of drug-likeness (QED) is 0.498. The van der Waals surface area contributed by atoms with Crippen molar-refractivity contribution in [3.8, 4) is 0 Å². The van der Waals surface area contributed by atoms with Crippen molar-refractivity contribution in [3.63, 3.8) is 0 Å². The van der Waals surface area contributed by atoms with Gasteiger partial charge in [-0.05, 0) is 53.6 Å². The molecule has 25 heavy (non-hydrogen) atoms. The monoisotopic (exact) mass is 426 g/mol. The van der Waals surface area contributed by atoms with Gasteiger partial charge in [0.1, 0.15) is 0 Å². The zero-order chi connectivity index (χ0) is 17.7. The maximum Gasteiger partial charge on any atom is 0.191 e. The second-order valence-electron chi connectivity index (χ2n) is 6.75. The number of hydrogen-bond acceptors (Lipinski definition) is 4. The summed E-state index contributed by atoms with van der Waals surface area (Å²) in [5.41, 5.74) is 0.606. The Morgan fingerprint density at radius 1 is 1.48 bits per heavy atom. The molecule has 0 radical (unpaired) electrons. The van der Waals surface area contributed by atoms with E-state index in [-0.39, 0.29) is 0 Å². The molecule has 0 aliphatic carbocycles. The van der Waals surface area contributed by atoms with Crippen LogP contribution in [-0.4, -0.2) is 60.4 Å². The van der Waals surface area contributed by atoms with Crippen molar-refractivity contribution in [1.29, 1.82) is 0 Å². The van der Waals surface area contributed by atoms with Gasteiger partial charge in [0, 0.05) is 35.9 Å². The first-order chi connectivity index (χ1) is 12.1. The van der Waals surface area contributed by atoms with E-state index in [1.807, 2.05) is 17.8 Å². The normalized spacial score (nSPS) is 26.9. The summed E-state index contributed by atoms with van der Waals surface area (Å²) in [7, 11) is 0. The van der Waals surface area contributed by atoms with Crippen LogP contribution in [0.3, 0.4) is 0 Å². The fourth-order valence-corrected chi connectivity index (χ4v) is 5.09. The number of guanidine groups is 1. The highest BCUT2D eigenvalue weighted by Crippen LogP contribution is 2.29. The molecule has 1 aromatic carbocycles. The number of thioether (sulfide) groups is 1. The average Bonchev–Trinajstić information content (AvgIpc) is 3.23. The lowest BCUT2D eigenvalue weighted by atomic mass is 10.1. The van der Waals surface area contributed by atoms with Crippen LogP contribution in [0.15, 0.2) is 33.7 Å². The van der Waals surface area contributed by atoms with Gasteiger partial charge in [-0.15, -0.1) is 0 Å². The number of benzene rings is 1. The molecule has 7 heteroatoms. The van der Waals surface area contributed by atoms with Gasteiger partial charge in [0.25, 0.3) is 0 Å². The standard InChI is InChI=1S/C18H27BrN4OS/c1-2-20-17(21-12-18(24)8-10-25-13-18)22-14-7-9-23(11-14)16-6-4-3-5-15(16)19/h3-6,14,24H,2,7-13H2,1H3,(H2,20,21,22). The molecule has 0 amide bonds. The van der Waals surface area contributed by atoms with E-state index in [1.165, 1.54) is 5.69 Å². The molecule has 2 heterocycles. The van der Waals surface area contributed by atoms with Crippen molar-refractivity contribution in [2.24, 2.45) is 4.99 Å². The smallest absolute Gasteiger partial charge is 0.191 e. The molecule has 0 bridgehead atoms. The molecule has 138 valence electrons. The number of anilines is 1. The summed E-state index contributed by atoms with van der Waals surface area (Å²) < 4.78 is 1.14. The van der Waals surface area contributed by atoms with Gasteiger partial charge in [0.15, 0.2) is 5.96 Å². The van der Waals surface area contributed by atoms with E-state index < -0.39 is 5.60 Å². The van der Waals surface area contributed by atoms with E-state index in [9.17, 15) is 5.11 Å². The molecule has 5 nitrogen and oxygen atoms in total. The summed E-state index contributed by atoms with van der Waals surface area (Å²) in [5.74, 6) is 2.63. The van der Waals surface area contributed by atoms with E-state index in [4.69, 9.17) is 0 Å². The van der Waals surface area contributed by atoms with Crippen molar-refractivity contribution < 1.29 is 5.11 Å². The van der Waals surface area contributed by atoms with Crippen molar-refractivity contribution in [3.05, 3.63) is 28.7 Å². The van der Waals surface area contributed by atoms with Crippen molar-refractivity contribution in [2.75, 3.05) is 42.6 Å². The van der Waals surface area contributed by atoms with Gasteiger partial charge in [-0.1, -0.05) is 12.1 Å². The highest BCUT2D eigenvalue weighted by atomic mass is 79.9. The Balaban J connectivity index is 1.58. The van der Waals surface area contributed by atoms with Crippen molar-refractivity contribution in [1.82, 2.24) is 10.6 Å². The van der Waals surface area contributed by atoms with E-state index in [2.05, 4.69) is 61.6 Å². The SMILES string of the molecule is CCNC(=NCC1(O)CCSC1)NC1CCN(c2ccccc2Br)C1. The third kappa shape index (κ3) is 5.05. The molecule has 2 atom stereocenters. The third-order valence-corrected chi connectivity index (χ3v) is 6.59. The van der Waals surface area contributed by atoms with Gasteiger partial charge >= 0.3 is 0 Å². The van der Waals surface area contributed by atoms with Crippen LogP contribution in [0, 0.1) is 0 Å². The lowest BCUT2D eigenvalue weighted by molar-refractivity contribution is 0.0778. The van der Waals surface area contributed by atoms with E-state index in [0.717, 1.165) is 54.4 Å². The highest BCUT2D eigenvalue weighted by Gasteiger charge is 2.32. The lowest BCUT2D eigenvalue weighted by Gasteiger charge is -2.23. The molecule has 0 aromatic heterocycles. The number of rotatable bonds is 5. The summed E-state index contributed by atoms with van der Waals surface area (Å²) >= 11 is 5.45. The summed E-state index contributed by atoms with van der Waals surface area (Å²) in [4.78, 5) is 7.04. The molecule has 0 saturated carbocycles. The summed E-state index contributed by atoms with van der Waals surface area (Å²) in [6, 6.07) is 8.71. The number of halogens is 1. The predicted octanol–water partition coefficient (Wildman–Crippen LogP) is 2.45. The molecule has 1 aromatic rings. The second-order valence-corrected chi connectivity index (χ2v) is 8.71. The molecule has 2 aliphatic heterocycles. The average molecular weight is 427 g/mol. The van der Waals surface area contributed by atoms with Crippen molar-refractivity contribution >= 4 is 39.3 Å². The van der Waals surface area contributed by atoms with Gasteiger partial charge in [-0.3, -0.25) is 4.99 Å². The fraction of sp³-hybridized carbons (Fsp3) is 0.611. The Labute approximate surface area is 162 Å². The number of para-hydroxylation sites is 1. The largest absolute Gasteiger partial charge is 0.387 e. The first kappa shape index (κ1) is 18.9. The van der Waals surface area contributed by atoms with Crippen LogP contribution < -0.4 is 15.5 Å². The van der Waals surface area contributed by atoms with E-state index in [0.29, 0.717) is 12.6 Å². The van der Waals surface area contributed by atoms with Gasteiger partial charge in [0.05, 0.1) is 17.8 Å². The molecule has 2 fully saturated rings. The van der Waals surface area contributed by atoms with Crippen LogP contribution in [0.2, 0.25) is 0 Å². The Hall–Kier alpha value is -0.920. The van der Waals surface area contributed by atoms with Gasteiger partial charge in [-0.25, -0.2) is 0 Å². The van der Waals surface area contributed by atoms with Gasteiger partial charge in [0.2, 0.25) is 0 Å². The van der Waals surface area contributed by atoms with Gasteiger partial charge < -0.3 is 20.6 Å². The summed E-state index contributed by atoms with van der Waals surface area (Å²) in [6.45, 7) is 5.34. The predicted molar refractivity (Wildman–Crippen MR) is 111 cm³/mol. The third-order valence-electron chi connectivity index (χ3n) is 4.68. The molecule has 2 unspecified atom stereocenters. The number of nitrogens with one attached hydrogen (secondary N) is 2. The van der Waals surface area contributed by atoms with Crippen LogP contribution >= 0.6 is 27.7 Å². The zero-order valence-corrected chi connectivity index (χ0v) is 17.1. The van der Waals surface area contributed by atoms with E-state index >= 15 is 0 Å². The Morgan fingerprint density at radius 3 is 3.04 bits per heavy atom. The van der Waals surface area contributed by atoms with E-state index in [1.54, 1.807) is 0 Å². The molecule has 3 rings (SSSR count). The summed E-state index contributed by atoms with van der Waals surface area (Å²) in [6.07, 6.45) is 1.91. The Bertz CT molecular complexity index is 606. The highest BCUT2D eigenvalue weighted by molar-refractivity contribution is 9.10. The van der Waals surface area contributed by atoms with Gasteiger partial charge in [-0.2, -0.15) is 11.8 Å². The zero-order valence-electron chi connectivity index (χ0n) is 14.7. The van der Waals surface area contributed by atoms with Crippen LogP contribution in [0.4, 0.5) is 5.69 Å². The van der Waals surface area contributed by atoms with Crippen LogP contribution in [-0.2, 0) is 0 Å². The van der Waals surface area contributed by atoms with Crippen LogP contribution in [0.25, 0.3) is 0 Å². The first-order valence-electron chi connectivity index (χ1n) is 8.94. The maximum absolute atomic E-state index is 10.5. The molecular weight excluding hydrogens is 400 g/mol. The Kier molecular flexibility index (Phi) is 6.52. The first-order valence-corrected chi connectivity index (χ1v) is 10.9. The fourth-order valence-electron chi connectivity index (χ4n) is 3.27. The molecule has 3 N–H and O–H groups in total. The minimum absolute atomic E-state index is 0.359. The molecule has 2 saturated heterocycles. The van der Waals surface area contributed by atoms with Crippen LogP contribution in [0.5, 0.6) is 0 Å².